The van der Waals surface area contributed by atoms with E-state index in [-0.39, 0.29) is 0 Å². The van der Waals surface area contributed by atoms with Gasteiger partial charge in [0.2, 0.25) is 0 Å². The lowest BCUT2D eigenvalue weighted by atomic mass is 9.75. The Morgan fingerprint density at radius 3 is 1.41 bits per heavy atom. The van der Waals surface area contributed by atoms with Gasteiger partial charge in [0.1, 0.15) is 33.5 Å². The van der Waals surface area contributed by atoms with Gasteiger partial charge in [-0.3, -0.25) is 0 Å². The average molecular weight is 1510 g/mol. The minimum Gasteiger partial charge on any atom is -0.456 e. The van der Waals surface area contributed by atoms with E-state index in [1.54, 1.807) is 0 Å². The van der Waals surface area contributed by atoms with Crippen molar-refractivity contribution in [1.29, 1.82) is 0 Å². The number of hydrogen-bond acceptors (Lipinski definition) is 5. The van der Waals surface area contributed by atoms with Gasteiger partial charge in [-0.2, -0.15) is 0 Å². The first-order chi connectivity index (χ1) is 58.4. The molecule has 0 radical (unpaired) electrons. The maximum Gasteiger partial charge on any atom is 0.137 e. The Bertz CT molecular complexity index is 7970. The average Bonchev–Trinajstić information content (AvgIpc) is 1.55. The Kier molecular flexibility index (Phi) is 15.1. The van der Waals surface area contributed by atoms with Crippen LogP contribution in [-0.2, 0) is 11.8 Å². The van der Waals surface area contributed by atoms with Gasteiger partial charge in [0.05, 0.1) is 49.9 Å². The summed E-state index contributed by atoms with van der Waals surface area (Å²) >= 11 is 0. The number of rotatable bonds is 14. The van der Waals surface area contributed by atoms with Crippen LogP contribution in [0.4, 0.5) is 34.1 Å². The number of anilines is 6. The van der Waals surface area contributed by atoms with E-state index in [9.17, 15) is 0 Å². The van der Waals surface area contributed by atoms with Gasteiger partial charge in [0.15, 0.2) is 0 Å². The quantitative estimate of drug-likeness (QED) is 0.109. The van der Waals surface area contributed by atoms with Crippen molar-refractivity contribution in [2.75, 3.05) is 9.80 Å². The molecule has 5 aromatic heterocycles. The van der Waals surface area contributed by atoms with Gasteiger partial charge in [-0.05, 0) is 219 Å². The summed E-state index contributed by atoms with van der Waals surface area (Å²) in [7, 11) is 0. The highest BCUT2D eigenvalue weighted by atomic mass is 16.3. The number of para-hydroxylation sites is 5. The highest BCUT2D eigenvalue weighted by molar-refractivity contribution is 6.20. The van der Waals surface area contributed by atoms with Crippen LogP contribution in [0.3, 0.4) is 0 Å². The predicted molar refractivity (Wildman–Crippen MR) is 490 cm³/mol. The molecule has 0 aliphatic heterocycles. The molecule has 1 aliphatic carbocycles. The fourth-order valence-electron chi connectivity index (χ4n) is 19.6. The van der Waals surface area contributed by atoms with Crippen LogP contribution in [0.25, 0.3) is 176 Å². The fraction of sp³-hybridized carbons (Fsp3) is 0.0270. The van der Waals surface area contributed by atoms with Gasteiger partial charge in [-0.1, -0.05) is 262 Å². The number of aromatic nitrogens is 2. The first-order valence-electron chi connectivity index (χ1n) is 40.5. The molecule has 1 unspecified atom stereocenters. The van der Waals surface area contributed by atoms with E-state index in [0.717, 1.165) is 162 Å². The number of nitrogens with zero attached hydrogens (tertiary/aromatic N) is 4. The first-order valence-corrected chi connectivity index (χ1v) is 40.5. The Morgan fingerprint density at radius 2 is 0.703 bits per heavy atom. The molecule has 0 spiro atoms. The zero-order valence-corrected chi connectivity index (χ0v) is 64.4. The molecule has 0 N–H and O–H groups in total. The summed E-state index contributed by atoms with van der Waals surface area (Å²) in [4.78, 5) is 4.88. The minimum absolute atomic E-state index is 0.455. The molecule has 23 aromatic rings. The molecule has 1 aliphatic rings. The third kappa shape index (κ3) is 10.5. The van der Waals surface area contributed by atoms with E-state index < -0.39 is 5.41 Å². The van der Waals surface area contributed by atoms with Crippen LogP contribution < -0.4 is 9.80 Å². The number of furan rings is 3. The van der Waals surface area contributed by atoms with Crippen LogP contribution in [0.5, 0.6) is 0 Å². The highest BCUT2D eigenvalue weighted by Gasteiger charge is 2.42. The number of fused-ring (bicyclic) bond motifs is 18. The molecule has 7 nitrogen and oxygen atoms in total. The van der Waals surface area contributed by atoms with Crippen molar-refractivity contribution in [3.05, 3.63) is 423 Å². The van der Waals surface area contributed by atoms with E-state index in [1.165, 1.54) is 71.5 Å². The Morgan fingerprint density at radius 1 is 0.254 bits per heavy atom. The molecule has 0 bridgehead atoms. The molecule has 0 amide bonds. The molecule has 118 heavy (non-hydrogen) atoms. The standard InChI is InChI=1S/C111H72N4O3/c1-111(93-37-17-14-34-88(93)107-94(111)38-21-40-97(107)114(81-56-49-74(50-57-81)72-26-8-3-9-27-72)99-42-23-45-106-109(99)92-67-77(53-62-104(92)118-106)83-35-20-36-87-84-32-15-18-39-95(84)115(110(83)87)79-30-12-5-13-31-79)69-70-46-59-85-89-65-75(51-60-96(89)113(100(85)64-70)78-28-10-4-11-29-78)76-52-61-103-91(66-76)108-98(41-22-44-105(108)117-103)112(80-54-47-73(48-55-80)71-24-6-2-7-25-71)82-58-63-102-90(68-82)86-33-16-19-43-101(86)116-102/h2-68H,69H2,1H3. The van der Waals surface area contributed by atoms with Crippen LogP contribution in [0.1, 0.15) is 23.6 Å². The van der Waals surface area contributed by atoms with E-state index in [0.29, 0.717) is 0 Å². The summed E-state index contributed by atoms with van der Waals surface area (Å²) in [5, 5.41) is 11.1. The summed E-state index contributed by atoms with van der Waals surface area (Å²) < 4.78 is 25.2. The molecule has 5 heterocycles. The van der Waals surface area contributed by atoms with Crippen molar-refractivity contribution in [3.63, 3.8) is 0 Å². The second kappa shape index (κ2) is 26.6. The van der Waals surface area contributed by atoms with Crippen LogP contribution in [-0.4, -0.2) is 9.13 Å². The monoisotopic (exact) mass is 1510 g/mol. The Balaban J connectivity index is 0.631. The third-order valence-corrected chi connectivity index (χ3v) is 24.9. The minimum atomic E-state index is -0.455. The van der Waals surface area contributed by atoms with Crippen LogP contribution >= 0.6 is 0 Å². The largest absolute Gasteiger partial charge is 0.456 e. The van der Waals surface area contributed by atoms with E-state index >= 15 is 0 Å². The molecule has 0 saturated heterocycles. The molecule has 0 fully saturated rings. The Hall–Kier alpha value is -15.4. The van der Waals surface area contributed by atoms with Gasteiger partial charge in [0.25, 0.3) is 0 Å². The normalized spacial score (nSPS) is 13.4. The van der Waals surface area contributed by atoms with Gasteiger partial charge < -0.3 is 32.2 Å². The number of benzene rings is 18. The molecule has 0 saturated carbocycles. The fourth-order valence-corrected chi connectivity index (χ4v) is 19.6. The van der Waals surface area contributed by atoms with E-state index in [2.05, 4.69) is 420 Å². The zero-order chi connectivity index (χ0) is 77.7. The third-order valence-electron chi connectivity index (χ3n) is 24.9. The molecular weight excluding hydrogens is 1440 g/mol. The van der Waals surface area contributed by atoms with Crippen molar-refractivity contribution in [3.8, 4) is 67.0 Å². The topological polar surface area (TPSA) is 55.8 Å². The summed E-state index contributed by atoms with van der Waals surface area (Å²) in [6.07, 6.45) is 0.746. The molecule has 7 heteroatoms. The van der Waals surface area contributed by atoms with Crippen molar-refractivity contribution in [2.24, 2.45) is 0 Å². The first kappa shape index (κ1) is 67.1. The molecule has 554 valence electrons. The number of hydrogen-bond donors (Lipinski definition) is 0. The summed E-state index contributed by atoms with van der Waals surface area (Å²) in [5.41, 5.74) is 33.0. The smallest absolute Gasteiger partial charge is 0.137 e. The van der Waals surface area contributed by atoms with E-state index in [4.69, 9.17) is 13.3 Å². The van der Waals surface area contributed by atoms with Crippen LogP contribution in [0, 0.1) is 0 Å². The molecule has 1 atom stereocenters. The lowest BCUT2D eigenvalue weighted by Crippen LogP contribution is -2.24. The maximum absolute atomic E-state index is 7.02. The van der Waals surface area contributed by atoms with Crippen molar-refractivity contribution < 1.29 is 13.3 Å². The maximum atomic E-state index is 7.02. The lowest BCUT2D eigenvalue weighted by molar-refractivity contribution is 0.583. The summed E-state index contributed by atoms with van der Waals surface area (Å²) in [6.45, 7) is 2.47. The molecule has 18 aromatic carbocycles. The molecule has 24 rings (SSSR count). The van der Waals surface area contributed by atoms with Crippen molar-refractivity contribution in [1.82, 2.24) is 9.13 Å². The second-order valence-electron chi connectivity index (χ2n) is 31.6. The van der Waals surface area contributed by atoms with Crippen LogP contribution in [0.15, 0.2) is 420 Å². The van der Waals surface area contributed by atoms with E-state index in [1.807, 2.05) is 12.1 Å². The van der Waals surface area contributed by atoms with Gasteiger partial charge in [0, 0.05) is 88.1 Å². The Labute approximate surface area is 680 Å². The SMILES string of the molecule is CC1(Cc2ccc3c4cc(-c5ccc6oc7cccc(N(c8ccc(-c9ccccc9)cc8)c8ccc9oc%10ccccc%10c9c8)c7c6c5)ccc4n(-c4ccccc4)c3c2)c2ccccc2-c2c(N(c3ccc(-c4ccccc4)cc3)c3cccc4oc5ccc(-c6cccc7c8ccccc8n(-c8ccccc8)c67)cc5c34)cccc21. The lowest BCUT2D eigenvalue weighted by Gasteiger charge is -2.31. The van der Waals surface area contributed by atoms with Gasteiger partial charge in [-0.25, -0.2) is 0 Å². The van der Waals surface area contributed by atoms with Gasteiger partial charge >= 0.3 is 0 Å². The zero-order valence-electron chi connectivity index (χ0n) is 64.4. The van der Waals surface area contributed by atoms with Gasteiger partial charge in [-0.15, -0.1) is 0 Å². The summed E-state index contributed by atoms with van der Waals surface area (Å²) in [6, 6.07) is 148. The molecular formula is C111H72N4O3. The predicted octanol–water partition coefficient (Wildman–Crippen LogP) is 30.7. The van der Waals surface area contributed by atoms with Crippen molar-refractivity contribution >= 4 is 144 Å². The van der Waals surface area contributed by atoms with Crippen molar-refractivity contribution in [2.45, 2.75) is 18.8 Å². The second-order valence-corrected chi connectivity index (χ2v) is 31.6. The highest BCUT2D eigenvalue weighted by Crippen LogP contribution is 2.58. The van der Waals surface area contributed by atoms with Crippen LogP contribution in [0.2, 0.25) is 0 Å². The summed E-state index contributed by atoms with van der Waals surface area (Å²) in [5.74, 6) is 0.